The Balaban J connectivity index is 1.51. The van der Waals surface area contributed by atoms with Crippen molar-refractivity contribution in [2.75, 3.05) is 24.2 Å². The fourth-order valence-corrected chi connectivity index (χ4v) is 4.18. The third kappa shape index (κ3) is 3.64. The second-order valence-corrected chi connectivity index (χ2v) is 7.70. The summed E-state index contributed by atoms with van der Waals surface area (Å²) in [6.45, 7) is 0.365. The van der Waals surface area contributed by atoms with Crippen LogP contribution < -0.4 is 11.1 Å². The van der Waals surface area contributed by atoms with Crippen molar-refractivity contribution in [1.82, 2.24) is 19.5 Å². The maximum Gasteiger partial charge on any atom is 0.226 e. The molecule has 1 aliphatic carbocycles. The Kier molecular flexibility index (Phi) is 5.63. The molecule has 28 heavy (non-hydrogen) atoms. The summed E-state index contributed by atoms with van der Waals surface area (Å²) < 4.78 is 7.10. The van der Waals surface area contributed by atoms with Gasteiger partial charge in [0.1, 0.15) is 23.8 Å². The number of nitrogen functional groups attached to an aromatic ring is 1. The molecule has 2 aromatic rings. The zero-order valence-corrected chi connectivity index (χ0v) is 15.7. The monoisotopic (exact) mass is 392 g/mol. The second-order valence-electron chi connectivity index (χ2n) is 7.70. The molecule has 1 saturated heterocycles. The number of aliphatic hydroxyl groups is 3. The molecule has 0 bridgehead atoms. The van der Waals surface area contributed by atoms with Gasteiger partial charge in [0.15, 0.2) is 17.7 Å². The van der Waals surface area contributed by atoms with Crippen LogP contribution in [-0.2, 0) is 4.74 Å². The summed E-state index contributed by atoms with van der Waals surface area (Å²) in [5.74, 6) is 1.37. The second kappa shape index (κ2) is 8.16. The average molecular weight is 392 g/mol. The SMILES string of the molecule is Nc1nc(NCCC2CCCCC2)nc2c1ncn2C1OC(CO)C(O)C1O. The van der Waals surface area contributed by atoms with Crippen molar-refractivity contribution >= 4 is 22.9 Å². The van der Waals surface area contributed by atoms with Gasteiger partial charge in [-0.3, -0.25) is 4.57 Å². The number of nitrogens with zero attached hydrogens (tertiary/aromatic N) is 4. The van der Waals surface area contributed by atoms with E-state index in [1.807, 2.05) is 0 Å². The first-order chi connectivity index (χ1) is 13.6. The zero-order chi connectivity index (χ0) is 19.7. The quantitative estimate of drug-likeness (QED) is 0.470. The number of nitrogens with one attached hydrogen (secondary N) is 1. The normalized spacial score (nSPS) is 28.8. The van der Waals surface area contributed by atoms with Gasteiger partial charge in [0.05, 0.1) is 12.9 Å². The minimum absolute atomic E-state index is 0.232. The molecule has 3 heterocycles. The van der Waals surface area contributed by atoms with E-state index in [-0.39, 0.29) is 5.82 Å². The summed E-state index contributed by atoms with van der Waals surface area (Å²) in [5.41, 5.74) is 6.84. The van der Waals surface area contributed by atoms with E-state index < -0.39 is 31.1 Å². The van der Waals surface area contributed by atoms with Crippen LogP contribution >= 0.6 is 0 Å². The maximum absolute atomic E-state index is 10.3. The van der Waals surface area contributed by atoms with E-state index in [0.29, 0.717) is 17.1 Å². The molecule has 6 N–H and O–H groups in total. The van der Waals surface area contributed by atoms with Gasteiger partial charge < -0.3 is 31.1 Å². The summed E-state index contributed by atoms with van der Waals surface area (Å²) >= 11 is 0. The number of imidazole rings is 1. The Bertz CT molecular complexity index is 809. The molecule has 2 fully saturated rings. The molecule has 10 nitrogen and oxygen atoms in total. The van der Waals surface area contributed by atoms with Crippen molar-refractivity contribution in [3.8, 4) is 0 Å². The molecule has 0 amide bonds. The topological polar surface area (TPSA) is 152 Å². The van der Waals surface area contributed by atoms with E-state index in [1.165, 1.54) is 43.0 Å². The fourth-order valence-electron chi connectivity index (χ4n) is 4.18. The van der Waals surface area contributed by atoms with Crippen LogP contribution in [0.2, 0.25) is 0 Å². The molecule has 1 aliphatic heterocycles. The van der Waals surface area contributed by atoms with E-state index in [9.17, 15) is 15.3 Å². The molecule has 4 unspecified atom stereocenters. The van der Waals surface area contributed by atoms with Crippen LogP contribution in [0, 0.1) is 5.92 Å². The molecule has 0 aromatic carbocycles. The predicted octanol–water partition coefficient (Wildman–Crippen LogP) is 0.402. The summed E-state index contributed by atoms with van der Waals surface area (Å²) in [6, 6.07) is 0. The van der Waals surface area contributed by atoms with Gasteiger partial charge >= 0.3 is 0 Å². The van der Waals surface area contributed by atoms with E-state index in [1.54, 1.807) is 0 Å². The third-order valence-electron chi connectivity index (χ3n) is 5.80. The van der Waals surface area contributed by atoms with Gasteiger partial charge in [-0.05, 0) is 12.3 Å². The molecule has 4 atom stereocenters. The van der Waals surface area contributed by atoms with Crippen LogP contribution in [0.4, 0.5) is 11.8 Å². The molecule has 2 aromatic heterocycles. The van der Waals surface area contributed by atoms with Crippen LogP contribution in [-0.4, -0.2) is 66.3 Å². The Morgan fingerprint density at radius 3 is 2.68 bits per heavy atom. The van der Waals surface area contributed by atoms with Gasteiger partial charge in [0.2, 0.25) is 5.95 Å². The summed E-state index contributed by atoms with van der Waals surface area (Å²) in [7, 11) is 0. The lowest BCUT2D eigenvalue weighted by atomic mass is 9.87. The first-order valence-electron chi connectivity index (χ1n) is 9.95. The predicted molar refractivity (Wildman–Crippen MR) is 102 cm³/mol. The van der Waals surface area contributed by atoms with Gasteiger partial charge in [-0.1, -0.05) is 32.1 Å². The fraction of sp³-hybridized carbons (Fsp3) is 0.722. The van der Waals surface area contributed by atoms with Crippen LogP contribution in [0.5, 0.6) is 0 Å². The Labute approximate surface area is 162 Å². The highest BCUT2D eigenvalue weighted by Gasteiger charge is 2.44. The Morgan fingerprint density at radius 1 is 1.18 bits per heavy atom. The number of aromatic nitrogens is 4. The third-order valence-corrected chi connectivity index (χ3v) is 5.80. The van der Waals surface area contributed by atoms with Crippen LogP contribution in [0.1, 0.15) is 44.8 Å². The molecule has 1 saturated carbocycles. The number of ether oxygens (including phenoxy) is 1. The van der Waals surface area contributed by atoms with Crippen LogP contribution in [0.15, 0.2) is 6.33 Å². The van der Waals surface area contributed by atoms with Gasteiger partial charge in [-0.15, -0.1) is 0 Å². The molecule has 2 aliphatic rings. The van der Waals surface area contributed by atoms with Crippen LogP contribution in [0.25, 0.3) is 11.2 Å². The lowest BCUT2D eigenvalue weighted by Crippen LogP contribution is -2.33. The Morgan fingerprint density at radius 2 is 1.96 bits per heavy atom. The van der Waals surface area contributed by atoms with E-state index >= 15 is 0 Å². The molecular formula is C18H28N6O4. The van der Waals surface area contributed by atoms with E-state index in [2.05, 4.69) is 20.3 Å². The highest BCUT2D eigenvalue weighted by atomic mass is 16.6. The summed E-state index contributed by atoms with van der Waals surface area (Å²) in [4.78, 5) is 13.0. The number of aliphatic hydroxyl groups excluding tert-OH is 3. The van der Waals surface area contributed by atoms with Crippen molar-refractivity contribution in [3.05, 3.63) is 6.33 Å². The molecular weight excluding hydrogens is 364 g/mol. The number of hydrogen-bond donors (Lipinski definition) is 5. The van der Waals surface area contributed by atoms with Crippen molar-refractivity contribution < 1.29 is 20.1 Å². The number of fused-ring (bicyclic) bond motifs is 1. The van der Waals surface area contributed by atoms with E-state index in [0.717, 1.165) is 18.9 Å². The average Bonchev–Trinajstić information content (AvgIpc) is 3.24. The number of hydrogen-bond acceptors (Lipinski definition) is 9. The van der Waals surface area contributed by atoms with Crippen molar-refractivity contribution in [2.24, 2.45) is 5.92 Å². The van der Waals surface area contributed by atoms with Crippen molar-refractivity contribution in [1.29, 1.82) is 0 Å². The lowest BCUT2D eigenvalue weighted by molar-refractivity contribution is -0.0511. The van der Waals surface area contributed by atoms with E-state index in [4.69, 9.17) is 10.5 Å². The van der Waals surface area contributed by atoms with Crippen LogP contribution in [0.3, 0.4) is 0 Å². The molecule has 0 radical (unpaired) electrons. The molecule has 154 valence electrons. The zero-order valence-electron chi connectivity index (χ0n) is 15.7. The number of rotatable bonds is 6. The minimum atomic E-state index is -1.21. The van der Waals surface area contributed by atoms with Gasteiger partial charge in [-0.2, -0.15) is 9.97 Å². The lowest BCUT2D eigenvalue weighted by Gasteiger charge is -2.21. The highest BCUT2D eigenvalue weighted by Crippen LogP contribution is 2.32. The van der Waals surface area contributed by atoms with Gasteiger partial charge in [0, 0.05) is 6.54 Å². The molecule has 10 heteroatoms. The number of anilines is 2. The Hall–Kier alpha value is -2.01. The summed E-state index contributed by atoms with van der Waals surface area (Å²) in [6.07, 6.45) is 4.83. The van der Waals surface area contributed by atoms with Gasteiger partial charge in [0.25, 0.3) is 0 Å². The smallest absolute Gasteiger partial charge is 0.226 e. The van der Waals surface area contributed by atoms with Crippen molar-refractivity contribution in [2.45, 2.75) is 63.1 Å². The standard InChI is InChI=1S/C18H28N6O4/c19-15-12-16(23-18(22-15)20-7-6-10-4-2-1-3-5-10)24(9-21-12)17-14(27)13(26)11(8-25)28-17/h9-11,13-14,17,25-27H,1-8H2,(H3,19,20,22,23). The first kappa shape index (κ1) is 19.3. The molecule has 4 rings (SSSR count). The largest absolute Gasteiger partial charge is 0.394 e. The summed E-state index contributed by atoms with van der Waals surface area (Å²) in [5, 5.41) is 32.8. The number of nitrogens with two attached hydrogens (primary N) is 1. The first-order valence-corrected chi connectivity index (χ1v) is 9.95. The van der Waals surface area contributed by atoms with Gasteiger partial charge in [-0.25, -0.2) is 4.98 Å². The molecule has 0 spiro atoms. The highest BCUT2D eigenvalue weighted by molar-refractivity contribution is 5.83. The van der Waals surface area contributed by atoms with Crippen molar-refractivity contribution in [3.63, 3.8) is 0 Å². The minimum Gasteiger partial charge on any atom is -0.394 e. The maximum atomic E-state index is 10.3.